The summed E-state index contributed by atoms with van der Waals surface area (Å²) in [6.07, 6.45) is 1.57. The van der Waals surface area contributed by atoms with Crippen molar-refractivity contribution in [1.29, 1.82) is 0 Å². The molecule has 1 aromatic heterocycles. The van der Waals surface area contributed by atoms with Gasteiger partial charge in [-0.3, -0.25) is 4.79 Å². The zero-order chi connectivity index (χ0) is 15.2. The van der Waals surface area contributed by atoms with Crippen LogP contribution in [0.5, 0.6) is 0 Å². The summed E-state index contributed by atoms with van der Waals surface area (Å²) in [6, 6.07) is 8.50. The van der Waals surface area contributed by atoms with Crippen LogP contribution in [0.2, 0.25) is 5.02 Å². The average Bonchev–Trinajstić information content (AvgIpc) is 3.00. The fraction of sp³-hybridized carbons (Fsp3) is 0.267. The van der Waals surface area contributed by atoms with Gasteiger partial charge in [0.1, 0.15) is 5.76 Å². The zero-order valence-corrected chi connectivity index (χ0v) is 12.4. The minimum absolute atomic E-state index is 0.0758. The van der Waals surface area contributed by atoms with Crippen LogP contribution in [-0.4, -0.2) is 17.6 Å². The Morgan fingerprint density at radius 2 is 2.24 bits per heavy atom. The molecule has 21 heavy (non-hydrogen) atoms. The van der Waals surface area contributed by atoms with Crippen LogP contribution >= 0.6 is 11.6 Å². The predicted molar refractivity (Wildman–Crippen MR) is 81.1 cm³/mol. The Bertz CT molecular complexity index is 599. The highest BCUT2D eigenvalue weighted by atomic mass is 35.5. The molecule has 0 bridgehead atoms. The molecular weight excluding hydrogens is 292 g/mol. The van der Waals surface area contributed by atoms with E-state index in [0.29, 0.717) is 16.5 Å². The zero-order valence-electron chi connectivity index (χ0n) is 11.6. The maximum atomic E-state index is 11.9. The summed E-state index contributed by atoms with van der Waals surface area (Å²) in [6.45, 7) is 1.85. The van der Waals surface area contributed by atoms with Crippen molar-refractivity contribution < 1.29 is 14.3 Å². The minimum atomic E-state index is -0.200. The molecule has 1 atom stereocenters. The van der Waals surface area contributed by atoms with Gasteiger partial charge in [-0.05, 0) is 36.8 Å². The van der Waals surface area contributed by atoms with Gasteiger partial charge in [-0.2, -0.15) is 0 Å². The normalized spacial score (nSPS) is 12.0. The number of amides is 1. The van der Waals surface area contributed by atoms with E-state index in [1.165, 1.54) is 0 Å². The van der Waals surface area contributed by atoms with Gasteiger partial charge in [-0.1, -0.05) is 17.7 Å². The third-order valence-electron chi connectivity index (χ3n) is 3.00. The summed E-state index contributed by atoms with van der Waals surface area (Å²) in [4.78, 5) is 11.9. The summed E-state index contributed by atoms with van der Waals surface area (Å²) < 4.78 is 5.22. The smallest absolute Gasteiger partial charge is 0.239 e. The Hall–Kier alpha value is -1.98. The Morgan fingerprint density at radius 3 is 2.90 bits per heavy atom. The number of benzene rings is 1. The van der Waals surface area contributed by atoms with E-state index in [9.17, 15) is 4.79 Å². The van der Waals surface area contributed by atoms with Crippen LogP contribution in [0.15, 0.2) is 41.0 Å². The molecule has 0 spiro atoms. The van der Waals surface area contributed by atoms with Gasteiger partial charge in [-0.25, -0.2) is 0 Å². The number of carbonyl (C=O) groups is 1. The van der Waals surface area contributed by atoms with E-state index in [0.717, 1.165) is 5.56 Å². The number of hydrogen-bond acceptors (Lipinski definition) is 4. The van der Waals surface area contributed by atoms with Crippen LogP contribution in [0.25, 0.3) is 0 Å². The molecule has 0 aliphatic carbocycles. The lowest BCUT2D eigenvalue weighted by molar-refractivity contribution is -0.120. The number of halogens is 1. The number of hydrogen-bond donors (Lipinski definition) is 3. The van der Waals surface area contributed by atoms with E-state index in [4.69, 9.17) is 21.1 Å². The summed E-state index contributed by atoms with van der Waals surface area (Å²) in [7, 11) is 0. The number of nitrogens with one attached hydrogen (secondary N) is 2. The summed E-state index contributed by atoms with van der Waals surface area (Å²) in [5, 5.41) is 15.4. The van der Waals surface area contributed by atoms with Crippen molar-refractivity contribution in [3.63, 3.8) is 0 Å². The molecule has 0 aliphatic rings. The third-order valence-corrected chi connectivity index (χ3v) is 3.33. The second-order valence-electron chi connectivity index (χ2n) is 4.63. The maximum Gasteiger partial charge on any atom is 0.239 e. The van der Waals surface area contributed by atoms with Gasteiger partial charge >= 0.3 is 0 Å². The van der Waals surface area contributed by atoms with Crippen molar-refractivity contribution in [3.05, 3.63) is 52.9 Å². The molecule has 1 amide bonds. The summed E-state index contributed by atoms with van der Waals surface area (Å²) in [5.74, 6) is 0.521. The van der Waals surface area contributed by atoms with Crippen molar-refractivity contribution in [3.8, 4) is 0 Å². The van der Waals surface area contributed by atoms with Gasteiger partial charge in [0.2, 0.25) is 5.91 Å². The van der Waals surface area contributed by atoms with Crippen LogP contribution in [0, 0.1) is 0 Å². The molecule has 0 aliphatic heterocycles. The fourth-order valence-corrected chi connectivity index (χ4v) is 2.07. The Morgan fingerprint density at radius 1 is 1.43 bits per heavy atom. The second kappa shape index (κ2) is 7.15. The maximum absolute atomic E-state index is 11.9. The highest BCUT2D eigenvalue weighted by molar-refractivity contribution is 6.33. The van der Waals surface area contributed by atoms with Gasteiger partial charge in [0, 0.05) is 0 Å². The van der Waals surface area contributed by atoms with Crippen molar-refractivity contribution in [2.75, 3.05) is 11.9 Å². The SMILES string of the molecule is C[C@@H](NC(=O)CNc1cc(CO)ccc1Cl)c1ccco1. The minimum Gasteiger partial charge on any atom is -0.467 e. The van der Waals surface area contributed by atoms with Crippen LogP contribution in [0.3, 0.4) is 0 Å². The lowest BCUT2D eigenvalue weighted by Gasteiger charge is -2.13. The third kappa shape index (κ3) is 4.24. The van der Waals surface area contributed by atoms with E-state index in [2.05, 4.69) is 10.6 Å². The van der Waals surface area contributed by atoms with Crippen LogP contribution in [0.4, 0.5) is 5.69 Å². The Balaban J connectivity index is 1.89. The standard InChI is InChI=1S/C15H17ClN2O3/c1-10(14-3-2-6-21-14)18-15(20)8-17-13-7-11(9-19)4-5-12(13)16/h2-7,10,17,19H,8-9H2,1H3,(H,18,20)/t10-/m1/s1. The van der Waals surface area contributed by atoms with Crippen molar-refractivity contribution in [2.24, 2.45) is 0 Å². The molecular formula is C15H17ClN2O3. The molecule has 1 heterocycles. The molecule has 3 N–H and O–H groups in total. The first-order valence-corrected chi connectivity index (χ1v) is 6.94. The largest absolute Gasteiger partial charge is 0.467 e. The predicted octanol–water partition coefficient (Wildman–Crippen LogP) is 2.71. The Kier molecular flexibility index (Phi) is 5.25. The van der Waals surface area contributed by atoms with Gasteiger partial charge in [-0.15, -0.1) is 0 Å². The molecule has 5 nitrogen and oxygen atoms in total. The van der Waals surface area contributed by atoms with Crippen LogP contribution in [-0.2, 0) is 11.4 Å². The molecule has 0 saturated carbocycles. The van der Waals surface area contributed by atoms with Crippen molar-refractivity contribution in [2.45, 2.75) is 19.6 Å². The molecule has 0 fully saturated rings. The van der Waals surface area contributed by atoms with E-state index >= 15 is 0 Å². The number of furan rings is 1. The number of rotatable bonds is 6. The summed E-state index contributed by atoms with van der Waals surface area (Å²) in [5.41, 5.74) is 1.34. The van der Waals surface area contributed by atoms with E-state index in [-0.39, 0.29) is 25.1 Å². The molecule has 112 valence electrons. The van der Waals surface area contributed by atoms with Gasteiger partial charge in [0.15, 0.2) is 0 Å². The van der Waals surface area contributed by atoms with E-state index < -0.39 is 0 Å². The highest BCUT2D eigenvalue weighted by Crippen LogP contribution is 2.22. The lowest BCUT2D eigenvalue weighted by atomic mass is 10.2. The number of anilines is 1. The summed E-state index contributed by atoms with van der Waals surface area (Å²) >= 11 is 6.03. The number of aliphatic hydroxyl groups excluding tert-OH is 1. The van der Waals surface area contributed by atoms with Gasteiger partial charge in [0.25, 0.3) is 0 Å². The molecule has 2 aromatic rings. The van der Waals surface area contributed by atoms with Crippen molar-refractivity contribution in [1.82, 2.24) is 5.32 Å². The molecule has 6 heteroatoms. The molecule has 0 unspecified atom stereocenters. The van der Waals surface area contributed by atoms with E-state index in [1.807, 2.05) is 6.92 Å². The first-order chi connectivity index (χ1) is 10.1. The van der Waals surface area contributed by atoms with Crippen LogP contribution < -0.4 is 10.6 Å². The first-order valence-electron chi connectivity index (χ1n) is 6.56. The molecule has 0 radical (unpaired) electrons. The monoisotopic (exact) mass is 308 g/mol. The number of carbonyl (C=O) groups excluding carboxylic acids is 1. The van der Waals surface area contributed by atoms with Crippen LogP contribution in [0.1, 0.15) is 24.3 Å². The van der Waals surface area contributed by atoms with E-state index in [1.54, 1.807) is 36.6 Å². The topological polar surface area (TPSA) is 74.5 Å². The fourth-order valence-electron chi connectivity index (χ4n) is 1.88. The lowest BCUT2D eigenvalue weighted by Crippen LogP contribution is -2.31. The average molecular weight is 309 g/mol. The number of aliphatic hydroxyl groups is 1. The van der Waals surface area contributed by atoms with Gasteiger partial charge < -0.3 is 20.2 Å². The van der Waals surface area contributed by atoms with Gasteiger partial charge in [0.05, 0.1) is 36.2 Å². The quantitative estimate of drug-likeness (QED) is 0.767. The van der Waals surface area contributed by atoms with Crippen molar-refractivity contribution >= 4 is 23.2 Å². The highest BCUT2D eigenvalue weighted by Gasteiger charge is 2.12. The molecule has 1 aromatic carbocycles. The molecule has 2 rings (SSSR count). The Labute approximate surface area is 127 Å². The first kappa shape index (κ1) is 15.4. The molecule has 0 saturated heterocycles. The second-order valence-corrected chi connectivity index (χ2v) is 5.04.